The fraction of sp³-hybridized carbons (Fsp3) is 0.697. The number of ether oxygens (including phenoxy) is 5. The highest BCUT2D eigenvalue weighted by Gasteiger charge is 2.60. The number of hydrogen-bond acceptors (Lipinski definition) is 9. The minimum absolute atomic E-state index is 0.0377. The second-order valence-corrected chi connectivity index (χ2v) is 13.1. The molecule has 1 spiro atoms. The number of methoxy groups -OCH3 is 1. The Bertz CT molecular complexity index is 1160. The number of phenolic OH excluding ortho intramolecular Hbond substituents is 1. The van der Waals surface area contributed by atoms with Gasteiger partial charge < -0.3 is 33.9 Å². The number of aliphatic hydroxyl groups excluding tert-OH is 1. The minimum Gasteiger partial charge on any atom is -0.508 e. The van der Waals surface area contributed by atoms with Crippen LogP contribution in [-0.2, 0) is 33.3 Å². The summed E-state index contributed by atoms with van der Waals surface area (Å²) in [5.41, 5.74) is 1.37. The molecule has 9 nitrogen and oxygen atoms in total. The van der Waals surface area contributed by atoms with Gasteiger partial charge in [0.2, 0.25) is 5.79 Å². The zero-order valence-electron chi connectivity index (χ0n) is 26.1. The first-order valence-electron chi connectivity index (χ1n) is 15.2. The Morgan fingerprint density at radius 2 is 1.88 bits per heavy atom. The van der Waals surface area contributed by atoms with Gasteiger partial charge in [-0.05, 0) is 61.8 Å². The van der Waals surface area contributed by atoms with Crippen molar-refractivity contribution in [1.29, 1.82) is 0 Å². The van der Waals surface area contributed by atoms with Crippen molar-refractivity contribution in [3.05, 3.63) is 41.2 Å². The number of cyclic esters (lactones) is 1. The topological polar surface area (TPSA) is 121 Å². The summed E-state index contributed by atoms with van der Waals surface area (Å²) in [6.45, 7) is 12.1. The molecular formula is C33H48O9. The number of hydrogen-bond donors (Lipinski definition) is 2. The first-order chi connectivity index (χ1) is 19.8. The average Bonchev–Trinajstić information content (AvgIpc) is 2.92. The predicted molar refractivity (Wildman–Crippen MR) is 155 cm³/mol. The van der Waals surface area contributed by atoms with Crippen LogP contribution in [0, 0.1) is 17.3 Å². The van der Waals surface area contributed by atoms with Gasteiger partial charge in [-0.25, -0.2) is 0 Å². The highest BCUT2D eigenvalue weighted by Crippen LogP contribution is 2.54. The van der Waals surface area contributed by atoms with Gasteiger partial charge in [0.05, 0.1) is 31.2 Å². The molecular weight excluding hydrogens is 540 g/mol. The number of fused-ring (bicyclic) bond motifs is 2. The van der Waals surface area contributed by atoms with Crippen LogP contribution in [0.2, 0.25) is 0 Å². The third kappa shape index (κ3) is 6.79. The molecule has 42 heavy (non-hydrogen) atoms. The molecule has 8 atom stereocenters. The molecule has 2 N–H and O–H groups in total. The van der Waals surface area contributed by atoms with Crippen LogP contribution in [0.3, 0.4) is 0 Å². The van der Waals surface area contributed by atoms with Crippen molar-refractivity contribution in [1.82, 2.24) is 0 Å². The van der Waals surface area contributed by atoms with Crippen molar-refractivity contribution < 1.29 is 43.5 Å². The number of rotatable bonds is 8. The summed E-state index contributed by atoms with van der Waals surface area (Å²) in [5.74, 6) is -1.61. The Morgan fingerprint density at radius 3 is 2.55 bits per heavy atom. The second-order valence-electron chi connectivity index (χ2n) is 13.1. The van der Waals surface area contributed by atoms with Crippen LogP contribution in [0.5, 0.6) is 5.75 Å². The molecule has 0 unspecified atom stereocenters. The smallest absolute Gasteiger partial charge is 0.313 e. The van der Waals surface area contributed by atoms with E-state index >= 15 is 0 Å². The molecule has 0 radical (unpaired) electrons. The largest absolute Gasteiger partial charge is 0.508 e. The Labute approximate surface area is 249 Å². The molecule has 0 aromatic heterocycles. The van der Waals surface area contributed by atoms with Crippen LogP contribution in [0.4, 0.5) is 0 Å². The van der Waals surface area contributed by atoms with E-state index in [-0.39, 0.29) is 42.6 Å². The first kappa shape index (κ1) is 32.3. The van der Waals surface area contributed by atoms with Gasteiger partial charge in [-0.2, -0.15) is 0 Å². The third-order valence-corrected chi connectivity index (χ3v) is 9.46. The number of aliphatic hydroxyl groups is 1. The van der Waals surface area contributed by atoms with Crippen LogP contribution in [0.1, 0.15) is 98.2 Å². The summed E-state index contributed by atoms with van der Waals surface area (Å²) in [7, 11) is 1.66. The zero-order valence-corrected chi connectivity index (χ0v) is 26.1. The summed E-state index contributed by atoms with van der Waals surface area (Å²) in [5, 5.41) is 20.5. The molecule has 3 heterocycles. The summed E-state index contributed by atoms with van der Waals surface area (Å²) in [6.07, 6.45) is -0.580. The van der Waals surface area contributed by atoms with Crippen molar-refractivity contribution in [2.45, 2.75) is 123 Å². The van der Waals surface area contributed by atoms with Gasteiger partial charge in [-0.3, -0.25) is 9.59 Å². The van der Waals surface area contributed by atoms with E-state index < -0.39 is 41.5 Å². The molecule has 0 amide bonds. The van der Waals surface area contributed by atoms with Crippen molar-refractivity contribution in [2.75, 3.05) is 7.11 Å². The number of esters is 2. The molecule has 0 saturated carbocycles. The quantitative estimate of drug-likeness (QED) is 0.367. The van der Waals surface area contributed by atoms with Crippen LogP contribution in [0.15, 0.2) is 35.6 Å². The van der Waals surface area contributed by atoms with E-state index in [1.807, 2.05) is 19.9 Å². The number of carbonyl (C=O) groups excluding carboxylic acids is 2. The summed E-state index contributed by atoms with van der Waals surface area (Å²) >= 11 is 0. The molecule has 2 fully saturated rings. The molecule has 3 aliphatic heterocycles. The van der Waals surface area contributed by atoms with Gasteiger partial charge in [-0.1, -0.05) is 46.8 Å². The first-order valence-corrected chi connectivity index (χ1v) is 15.2. The Hall–Kier alpha value is -2.62. The van der Waals surface area contributed by atoms with Gasteiger partial charge in [0, 0.05) is 18.4 Å². The monoisotopic (exact) mass is 588 g/mol. The highest BCUT2D eigenvalue weighted by atomic mass is 16.7. The molecule has 3 bridgehead atoms. The third-order valence-electron chi connectivity index (χ3n) is 9.46. The number of allylic oxidation sites excluding steroid dienone is 1. The molecule has 0 aliphatic carbocycles. The van der Waals surface area contributed by atoms with Crippen molar-refractivity contribution >= 4 is 11.9 Å². The molecule has 2 saturated heterocycles. The zero-order chi connectivity index (χ0) is 30.8. The van der Waals surface area contributed by atoms with Crippen LogP contribution >= 0.6 is 0 Å². The average molecular weight is 589 g/mol. The molecule has 1 aromatic carbocycles. The molecule has 4 rings (SSSR count). The van der Waals surface area contributed by atoms with Gasteiger partial charge in [0.25, 0.3) is 0 Å². The maximum absolute atomic E-state index is 13.2. The number of benzene rings is 1. The lowest BCUT2D eigenvalue weighted by Crippen LogP contribution is -2.62. The predicted octanol–water partition coefficient (Wildman–Crippen LogP) is 5.73. The summed E-state index contributed by atoms with van der Waals surface area (Å²) < 4.78 is 31.1. The lowest BCUT2D eigenvalue weighted by molar-refractivity contribution is -0.352. The van der Waals surface area contributed by atoms with Gasteiger partial charge in [0.15, 0.2) is 0 Å². The number of carbonyl (C=O) groups is 2. The van der Waals surface area contributed by atoms with Gasteiger partial charge in [0.1, 0.15) is 30.1 Å². The molecule has 234 valence electrons. The Morgan fingerprint density at radius 1 is 1.14 bits per heavy atom. The van der Waals surface area contributed by atoms with E-state index in [1.165, 1.54) is 0 Å². The maximum atomic E-state index is 13.2. The molecule has 9 heteroatoms. The minimum atomic E-state index is -1.12. The van der Waals surface area contributed by atoms with Gasteiger partial charge >= 0.3 is 11.9 Å². The molecule has 3 aliphatic rings. The van der Waals surface area contributed by atoms with E-state index in [0.29, 0.717) is 31.4 Å². The maximum Gasteiger partial charge on any atom is 0.313 e. The Balaban J connectivity index is 1.64. The van der Waals surface area contributed by atoms with Crippen molar-refractivity contribution in [3.8, 4) is 5.75 Å². The van der Waals surface area contributed by atoms with E-state index in [1.54, 1.807) is 32.2 Å². The van der Waals surface area contributed by atoms with Crippen LogP contribution < -0.4 is 0 Å². The number of aromatic hydroxyl groups is 1. The van der Waals surface area contributed by atoms with Crippen molar-refractivity contribution in [3.63, 3.8) is 0 Å². The summed E-state index contributed by atoms with van der Waals surface area (Å²) in [4.78, 5) is 26.2. The number of phenols is 1. The molecule has 1 aromatic rings. The fourth-order valence-electron chi connectivity index (χ4n) is 6.80. The fourth-order valence-corrected chi connectivity index (χ4v) is 6.80. The summed E-state index contributed by atoms with van der Waals surface area (Å²) in [6, 6.07) is 7.10. The van der Waals surface area contributed by atoms with Crippen molar-refractivity contribution in [2.24, 2.45) is 17.3 Å². The Kier molecular flexibility index (Phi) is 9.95. The van der Waals surface area contributed by atoms with Crippen LogP contribution in [0.25, 0.3) is 0 Å². The SMILES string of the molecule is CC[C@@H](O)[C@H]1CC(=O)O[C@@H]2C[C@]3(OC(=C(C)CC3(C)C)CC(=O)O1)O[C@@H]([C@@H](C)CC[C@H](OC)c1cccc(O)c1)[C@H]2C. The standard InChI is InChI=1S/C33H48O9/c1-8-24(35)27-16-30(37)40-28-18-33(32(5,6)17-20(3)26(41-33)15-29(36)39-27)42-31(21(28)4)19(2)12-13-25(38-7)22-10-9-11-23(34)14-22/h9-11,14,19,21,24-25,27-28,31,34-35H,8,12-13,15-18H2,1-7H3/t19-,21-,24+,25-,27+,28+,31-,33-/m0/s1. The lowest BCUT2D eigenvalue weighted by atomic mass is 9.69. The normalized spacial score (nSPS) is 31.9. The van der Waals surface area contributed by atoms with E-state index in [0.717, 1.165) is 17.6 Å². The van der Waals surface area contributed by atoms with E-state index in [2.05, 4.69) is 20.8 Å². The highest BCUT2D eigenvalue weighted by molar-refractivity contribution is 5.74. The second kappa shape index (κ2) is 12.9. The van der Waals surface area contributed by atoms with Crippen LogP contribution in [-0.4, -0.2) is 59.5 Å². The van der Waals surface area contributed by atoms with E-state index in [4.69, 9.17) is 23.7 Å². The lowest BCUT2D eigenvalue weighted by Gasteiger charge is -2.57. The van der Waals surface area contributed by atoms with E-state index in [9.17, 15) is 19.8 Å². The van der Waals surface area contributed by atoms with Gasteiger partial charge in [-0.15, -0.1) is 0 Å².